The molecule has 0 saturated carbocycles. The lowest BCUT2D eigenvalue weighted by Gasteiger charge is -2.39. The van der Waals surface area contributed by atoms with Gasteiger partial charge in [-0.05, 0) is 18.2 Å². The van der Waals surface area contributed by atoms with Crippen molar-refractivity contribution in [1.29, 1.82) is 0 Å². The van der Waals surface area contributed by atoms with E-state index in [1.54, 1.807) is 18.2 Å². The molecule has 2 rings (SSSR count). The Morgan fingerprint density at radius 2 is 2.11 bits per heavy atom. The van der Waals surface area contributed by atoms with E-state index in [0.29, 0.717) is 10.6 Å². The van der Waals surface area contributed by atoms with E-state index >= 15 is 0 Å². The summed E-state index contributed by atoms with van der Waals surface area (Å²) in [6.07, 6.45) is -4.89. The standard InChI is InChI=1S/C12H11ClF3NO2/c13-9-3-1-2-8(4-9)11(18)17-5-10(6-17)19-7-12(14,15)16/h1-4,10H,5-7H2. The predicted molar refractivity (Wildman–Crippen MR) is 63.2 cm³/mol. The van der Waals surface area contributed by atoms with Crippen LogP contribution in [0.4, 0.5) is 13.2 Å². The number of carbonyl (C=O) groups excluding carboxylic acids is 1. The van der Waals surface area contributed by atoms with Crippen LogP contribution in [0.5, 0.6) is 0 Å². The van der Waals surface area contributed by atoms with Crippen LogP contribution in [0, 0.1) is 0 Å². The molecule has 3 nitrogen and oxygen atoms in total. The minimum absolute atomic E-state index is 0.168. The van der Waals surface area contributed by atoms with Gasteiger partial charge in [0.25, 0.3) is 5.91 Å². The number of nitrogens with zero attached hydrogens (tertiary/aromatic N) is 1. The Kier molecular flexibility index (Phi) is 4.01. The number of carbonyl (C=O) groups is 1. The first-order valence-corrected chi connectivity index (χ1v) is 5.96. The summed E-state index contributed by atoms with van der Waals surface area (Å²) in [7, 11) is 0. The number of rotatable bonds is 3. The molecule has 0 aromatic heterocycles. The van der Waals surface area contributed by atoms with Gasteiger partial charge >= 0.3 is 6.18 Å². The van der Waals surface area contributed by atoms with Gasteiger partial charge < -0.3 is 9.64 Å². The van der Waals surface area contributed by atoms with Gasteiger partial charge in [-0.2, -0.15) is 13.2 Å². The maximum Gasteiger partial charge on any atom is 0.411 e. The molecule has 1 aliphatic heterocycles. The van der Waals surface area contributed by atoms with Crippen molar-refractivity contribution in [2.75, 3.05) is 19.7 Å². The molecule has 1 aromatic carbocycles. The van der Waals surface area contributed by atoms with Gasteiger partial charge in [0.15, 0.2) is 0 Å². The zero-order valence-corrected chi connectivity index (χ0v) is 10.5. The van der Waals surface area contributed by atoms with Crippen molar-refractivity contribution in [1.82, 2.24) is 4.90 Å². The first-order chi connectivity index (χ1) is 8.85. The summed E-state index contributed by atoms with van der Waals surface area (Å²) in [6.45, 7) is -0.945. The number of hydrogen-bond donors (Lipinski definition) is 0. The third-order valence-electron chi connectivity index (χ3n) is 2.69. The topological polar surface area (TPSA) is 29.5 Å². The quantitative estimate of drug-likeness (QED) is 0.857. The molecule has 19 heavy (non-hydrogen) atoms. The zero-order chi connectivity index (χ0) is 14.0. The molecule has 0 N–H and O–H groups in total. The summed E-state index contributed by atoms with van der Waals surface area (Å²) in [5.41, 5.74) is 0.418. The minimum Gasteiger partial charge on any atom is -0.365 e. The predicted octanol–water partition coefficient (Wildman–Crippen LogP) is 2.74. The Balaban J connectivity index is 1.82. The summed E-state index contributed by atoms with van der Waals surface area (Å²) in [5, 5.41) is 0.441. The number of alkyl halides is 3. The van der Waals surface area contributed by atoms with E-state index in [-0.39, 0.29) is 19.0 Å². The molecule has 1 heterocycles. The number of ether oxygens (including phenoxy) is 1. The molecule has 0 radical (unpaired) electrons. The first-order valence-electron chi connectivity index (χ1n) is 5.58. The van der Waals surface area contributed by atoms with Gasteiger partial charge in [0.2, 0.25) is 0 Å². The fourth-order valence-corrected chi connectivity index (χ4v) is 1.92. The second kappa shape index (κ2) is 5.38. The summed E-state index contributed by atoms with van der Waals surface area (Å²) < 4.78 is 40.4. The van der Waals surface area contributed by atoms with Gasteiger partial charge in [-0.25, -0.2) is 0 Å². The van der Waals surface area contributed by atoms with Crippen molar-refractivity contribution >= 4 is 17.5 Å². The van der Waals surface area contributed by atoms with Gasteiger partial charge in [-0.15, -0.1) is 0 Å². The van der Waals surface area contributed by atoms with Gasteiger partial charge in [-0.1, -0.05) is 17.7 Å². The number of amides is 1. The van der Waals surface area contributed by atoms with Crippen LogP contribution in [0.1, 0.15) is 10.4 Å². The lowest BCUT2D eigenvalue weighted by Crippen LogP contribution is -2.55. The lowest BCUT2D eigenvalue weighted by molar-refractivity contribution is -0.196. The molecule has 0 aliphatic carbocycles. The molecular weight excluding hydrogens is 283 g/mol. The van der Waals surface area contributed by atoms with Crippen molar-refractivity contribution in [3.05, 3.63) is 34.9 Å². The van der Waals surface area contributed by atoms with E-state index in [1.807, 2.05) is 0 Å². The Hall–Kier alpha value is -1.27. The third-order valence-corrected chi connectivity index (χ3v) is 2.92. The van der Waals surface area contributed by atoms with Crippen LogP contribution in [0.2, 0.25) is 5.02 Å². The van der Waals surface area contributed by atoms with E-state index in [1.165, 1.54) is 11.0 Å². The Morgan fingerprint density at radius 1 is 1.42 bits per heavy atom. The maximum absolute atomic E-state index is 11.9. The molecule has 104 valence electrons. The highest BCUT2D eigenvalue weighted by Gasteiger charge is 2.36. The fourth-order valence-electron chi connectivity index (χ4n) is 1.73. The van der Waals surface area contributed by atoms with Crippen LogP contribution in [0.25, 0.3) is 0 Å². The normalized spacial score (nSPS) is 16.3. The van der Waals surface area contributed by atoms with E-state index < -0.39 is 18.9 Å². The SMILES string of the molecule is O=C(c1cccc(Cl)c1)N1CC(OCC(F)(F)F)C1. The van der Waals surface area contributed by atoms with Crippen LogP contribution in [0.3, 0.4) is 0 Å². The average Bonchev–Trinajstić information content (AvgIpc) is 2.25. The molecule has 1 amide bonds. The zero-order valence-electron chi connectivity index (χ0n) is 9.78. The van der Waals surface area contributed by atoms with Gasteiger partial charge in [-0.3, -0.25) is 4.79 Å². The van der Waals surface area contributed by atoms with Crippen molar-refractivity contribution in [3.63, 3.8) is 0 Å². The molecule has 0 atom stereocenters. The molecule has 0 bridgehead atoms. The van der Waals surface area contributed by atoms with Crippen LogP contribution in [0.15, 0.2) is 24.3 Å². The highest BCUT2D eigenvalue weighted by atomic mass is 35.5. The van der Waals surface area contributed by atoms with Crippen LogP contribution >= 0.6 is 11.6 Å². The molecule has 7 heteroatoms. The highest BCUT2D eigenvalue weighted by molar-refractivity contribution is 6.30. The summed E-state index contributed by atoms with van der Waals surface area (Å²) in [4.78, 5) is 13.3. The van der Waals surface area contributed by atoms with Crippen LogP contribution < -0.4 is 0 Å². The van der Waals surface area contributed by atoms with Crippen molar-refractivity contribution in [3.8, 4) is 0 Å². The monoisotopic (exact) mass is 293 g/mol. The fraction of sp³-hybridized carbons (Fsp3) is 0.417. The molecule has 0 unspecified atom stereocenters. The van der Waals surface area contributed by atoms with E-state index in [9.17, 15) is 18.0 Å². The Bertz CT molecular complexity index is 472. The number of hydrogen-bond acceptors (Lipinski definition) is 2. The van der Waals surface area contributed by atoms with Crippen LogP contribution in [-0.2, 0) is 4.74 Å². The third kappa shape index (κ3) is 3.84. The van der Waals surface area contributed by atoms with Crippen molar-refractivity contribution < 1.29 is 22.7 Å². The van der Waals surface area contributed by atoms with E-state index in [2.05, 4.69) is 4.74 Å². The molecule has 1 saturated heterocycles. The maximum atomic E-state index is 11.9. The molecule has 1 aliphatic rings. The smallest absolute Gasteiger partial charge is 0.365 e. The summed E-state index contributed by atoms with van der Waals surface area (Å²) in [5.74, 6) is -0.255. The van der Waals surface area contributed by atoms with Gasteiger partial charge in [0.05, 0.1) is 6.10 Å². The van der Waals surface area contributed by atoms with Crippen molar-refractivity contribution in [2.24, 2.45) is 0 Å². The Labute approximate surface area is 112 Å². The lowest BCUT2D eigenvalue weighted by atomic mass is 10.1. The number of likely N-dealkylation sites (tertiary alicyclic amines) is 1. The van der Waals surface area contributed by atoms with Crippen molar-refractivity contribution in [2.45, 2.75) is 12.3 Å². The highest BCUT2D eigenvalue weighted by Crippen LogP contribution is 2.21. The number of benzene rings is 1. The largest absolute Gasteiger partial charge is 0.411 e. The molecule has 1 aromatic rings. The summed E-state index contributed by atoms with van der Waals surface area (Å²) >= 11 is 5.76. The van der Waals surface area contributed by atoms with Gasteiger partial charge in [0, 0.05) is 23.7 Å². The summed E-state index contributed by atoms with van der Waals surface area (Å²) in [6, 6.07) is 6.42. The van der Waals surface area contributed by atoms with E-state index in [4.69, 9.17) is 11.6 Å². The number of halogens is 4. The Morgan fingerprint density at radius 3 is 2.68 bits per heavy atom. The second-order valence-corrected chi connectivity index (χ2v) is 4.71. The molecule has 1 fully saturated rings. The molecular formula is C12H11ClF3NO2. The van der Waals surface area contributed by atoms with Crippen LogP contribution in [-0.4, -0.2) is 42.8 Å². The molecule has 0 spiro atoms. The first kappa shape index (κ1) is 14.1. The van der Waals surface area contributed by atoms with Gasteiger partial charge in [0.1, 0.15) is 6.61 Å². The minimum atomic E-state index is -4.34. The van der Waals surface area contributed by atoms with E-state index in [0.717, 1.165) is 0 Å². The second-order valence-electron chi connectivity index (χ2n) is 4.27. The average molecular weight is 294 g/mol.